The third kappa shape index (κ3) is 4.50. The van der Waals surface area contributed by atoms with Crippen molar-refractivity contribution in [2.75, 3.05) is 5.75 Å². The minimum absolute atomic E-state index is 0.0816. The Labute approximate surface area is 167 Å². The van der Waals surface area contributed by atoms with Gasteiger partial charge in [-0.1, -0.05) is 55.4 Å². The molecule has 0 radical (unpaired) electrons. The molecule has 6 heteroatoms. The van der Waals surface area contributed by atoms with Crippen molar-refractivity contribution in [2.24, 2.45) is 5.92 Å². The van der Waals surface area contributed by atoms with Gasteiger partial charge in [-0.15, -0.1) is 11.3 Å². The number of esters is 1. The molecule has 1 aliphatic carbocycles. The van der Waals surface area contributed by atoms with Crippen molar-refractivity contribution in [1.82, 2.24) is 9.97 Å². The summed E-state index contributed by atoms with van der Waals surface area (Å²) in [5.41, 5.74) is 1.17. The number of hydrogen-bond acceptors (Lipinski definition) is 6. The molecule has 2 heterocycles. The number of carbonyl (C=O) groups excluding carboxylic acids is 1. The molecule has 1 aliphatic rings. The van der Waals surface area contributed by atoms with Crippen molar-refractivity contribution >= 4 is 39.3 Å². The third-order valence-electron chi connectivity index (χ3n) is 4.86. The van der Waals surface area contributed by atoms with Crippen LogP contribution in [0.1, 0.15) is 32.6 Å². The predicted molar refractivity (Wildman–Crippen MR) is 111 cm³/mol. The van der Waals surface area contributed by atoms with Gasteiger partial charge in [0.05, 0.1) is 5.75 Å². The molecular formula is C21H22N2O2S2. The number of thioether (sulfide) groups is 1. The average molecular weight is 399 g/mol. The van der Waals surface area contributed by atoms with Gasteiger partial charge >= 0.3 is 5.97 Å². The Hall–Kier alpha value is -1.92. The lowest BCUT2D eigenvalue weighted by molar-refractivity contribution is -0.147. The summed E-state index contributed by atoms with van der Waals surface area (Å²) in [6.07, 6.45) is 6.02. The van der Waals surface area contributed by atoms with Crippen molar-refractivity contribution in [3.05, 3.63) is 42.7 Å². The van der Waals surface area contributed by atoms with Crippen molar-refractivity contribution in [2.45, 2.75) is 43.7 Å². The van der Waals surface area contributed by atoms with E-state index in [0.29, 0.717) is 5.92 Å². The summed E-state index contributed by atoms with van der Waals surface area (Å²) >= 11 is 3.08. The lowest BCUT2D eigenvalue weighted by Crippen LogP contribution is -2.25. The largest absolute Gasteiger partial charge is 0.462 e. The summed E-state index contributed by atoms with van der Waals surface area (Å²) in [6.45, 7) is 2.23. The van der Waals surface area contributed by atoms with E-state index in [0.717, 1.165) is 39.4 Å². The number of benzene rings is 1. The smallest absolute Gasteiger partial charge is 0.316 e. The Morgan fingerprint density at radius 2 is 2.11 bits per heavy atom. The number of aromatic nitrogens is 2. The minimum Gasteiger partial charge on any atom is -0.462 e. The molecule has 0 spiro atoms. The predicted octanol–water partition coefficient (Wildman–Crippen LogP) is 5.57. The van der Waals surface area contributed by atoms with Crippen LogP contribution in [0.4, 0.5) is 0 Å². The number of thiophene rings is 1. The summed E-state index contributed by atoms with van der Waals surface area (Å²) < 4.78 is 5.67. The first-order chi connectivity index (χ1) is 13.2. The first-order valence-corrected chi connectivity index (χ1v) is 11.1. The second-order valence-electron chi connectivity index (χ2n) is 7.05. The van der Waals surface area contributed by atoms with Gasteiger partial charge in [-0.05, 0) is 36.8 Å². The third-order valence-corrected chi connectivity index (χ3v) is 6.94. The van der Waals surface area contributed by atoms with E-state index in [2.05, 4.69) is 35.1 Å². The minimum atomic E-state index is -0.149. The molecule has 4 rings (SSSR count). The molecule has 4 nitrogen and oxygen atoms in total. The summed E-state index contributed by atoms with van der Waals surface area (Å²) in [5.74, 6) is 0.783. The highest BCUT2D eigenvalue weighted by molar-refractivity contribution is 8.00. The average Bonchev–Trinajstić information content (AvgIpc) is 3.12. The van der Waals surface area contributed by atoms with Crippen LogP contribution in [0.5, 0.6) is 0 Å². The number of hydrogen-bond donors (Lipinski definition) is 0. The van der Waals surface area contributed by atoms with Crippen LogP contribution in [0.3, 0.4) is 0 Å². The van der Waals surface area contributed by atoms with Crippen molar-refractivity contribution in [3.8, 4) is 10.4 Å². The SMILES string of the molecule is C[C@H]1CCC[C@@H](OC(=O)CSc2ncnc3sc(-c4ccccc4)cc23)C1. The van der Waals surface area contributed by atoms with Crippen molar-refractivity contribution in [3.63, 3.8) is 0 Å². The molecule has 1 saturated carbocycles. The van der Waals surface area contributed by atoms with Gasteiger partial charge in [0.2, 0.25) is 0 Å². The van der Waals surface area contributed by atoms with Crippen LogP contribution in [0.15, 0.2) is 47.8 Å². The standard InChI is InChI=1S/C21H22N2O2S2/c1-14-6-5-9-16(10-14)25-19(24)12-26-20-17-11-18(15-7-3-2-4-8-15)27-21(17)23-13-22-20/h2-4,7-8,11,13-14,16H,5-6,9-10,12H2,1H3/t14-,16+/m0/s1. The number of ether oxygens (including phenoxy) is 1. The van der Waals surface area contributed by atoms with Gasteiger partial charge in [0.1, 0.15) is 22.3 Å². The molecule has 1 aromatic carbocycles. The molecule has 2 aromatic heterocycles. The molecule has 3 aromatic rings. The molecule has 0 saturated heterocycles. The summed E-state index contributed by atoms with van der Waals surface area (Å²) in [7, 11) is 0. The summed E-state index contributed by atoms with van der Waals surface area (Å²) in [6, 6.07) is 12.4. The van der Waals surface area contributed by atoms with Gasteiger partial charge in [0, 0.05) is 10.3 Å². The summed E-state index contributed by atoms with van der Waals surface area (Å²) in [4.78, 5) is 23.2. The lowest BCUT2D eigenvalue weighted by atomic mass is 9.89. The van der Waals surface area contributed by atoms with E-state index in [1.165, 1.54) is 23.7 Å². The molecule has 27 heavy (non-hydrogen) atoms. The van der Waals surface area contributed by atoms with Gasteiger partial charge < -0.3 is 4.74 Å². The van der Waals surface area contributed by atoms with E-state index in [9.17, 15) is 4.79 Å². The van der Waals surface area contributed by atoms with E-state index in [1.54, 1.807) is 17.7 Å². The Morgan fingerprint density at radius 3 is 2.93 bits per heavy atom. The van der Waals surface area contributed by atoms with Crippen LogP contribution in [-0.4, -0.2) is 27.8 Å². The zero-order valence-corrected chi connectivity index (χ0v) is 16.9. The van der Waals surface area contributed by atoms with Gasteiger partial charge in [-0.25, -0.2) is 9.97 Å². The molecule has 0 amide bonds. The first-order valence-electron chi connectivity index (χ1n) is 9.31. The molecule has 0 bridgehead atoms. The van der Waals surface area contributed by atoms with Crippen LogP contribution in [0.2, 0.25) is 0 Å². The van der Waals surface area contributed by atoms with Crippen LogP contribution in [-0.2, 0) is 9.53 Å². The van der Waals surface area contributed by atoms with E-state index in [1.807, 2.05) is 18.2 Å². The summed E-state index contributed by atoms with van der Waals surface area (Å²) in [5, 5.41) is 1.85. The second kappa shape index (κ2) is 8.40. The van der Waals surface area contributed by atoms with Crippen LogP contribution >= 0.6 is 23.1 Å². The molecular weight excluding hydrogens is 376 g/mol. The van der Waals surface area contributed by atoms with Gasteiger partial charge in [-0.2, -0.15) is 0 Å². The first kappa shape index (κ1) is 18.4. The fraction of sp³-hybridized carbons (Fsp3) is 0.381. The molecule has 0 aliphatic heterocycles. The monoisotopic (exact) mass is 398 g/mol. The normalized spacial score (nSPS) is 19.9. The van der Waals surface area contributed by atoms with Gasteiger partial charge in [0.15, 0.2) is 0 Å². The maximum absolute atomic E-state index is 12.3. The van der Waals surface area contributed by atoms with Crippen molar-refractivity contribution < 1.29 is 9.53 Å². The second-order valence-corrected chi connectivity index (χ2v) is 9.04. The van der Waals surface area contributed by atoms with Crippen LogP contribution in [0.25, 0.3) is 20.7 Å². The molecule has 0 N–H and O–H groups in total. The zero-order chi connectivity index (χ0) is 18.6. The maximum atomic E-state index is 12.3. The van der Waals surface area contributed by atoms with E-state index in [4.69, 9.17) is 4.74 Å². The van der Waals surface area contributed by atoms with E-state index >= 15 is 0 Å². The van der Waals surface area contributed by atoms with Crippen LogP contribution < -0.4 is 0 Å². The topological polar surface area (TPSA) is 52.1 Å². The quantitative estimate of drug-likeness (QED) is 0.319. The fourth-order valence-electron chi connectivity index (χ4n) is 3.53. The number of nitrogens with zero attached hydrogens (tertiary/aromatic N) is 2. The Morgan fingerprint density at radius 1 is 1.26 bits per heavy atom. The number of fused-ring (bicyclic) bond motifs is 1. The molecule has 1 fully saturated rings. The zero-order valence-electron chi connectivity index (χ0n) is 15.3. The van der Waals surface area contributed by atoms with E-state index < -0.39 is 0 Å². The van der Waals surface area contributed by atoms with Crippen LogP contribution in [0, 0.1) is 5.92 Å². The highest BCUT2D eigenvalue weighted by Crippen LogP contribution is 2.36. The molecule has 140 valence electrons. The number of rotatable bonds is 5. The Balaban J connectivity index is 1.44. The Bertz CT molecular complexity index is 926. The maximum Gasteiger partial charge on any atom is 0.316 e. The highest BCUT2D eigenvalue weighted by atomic mass is 32.2. The fourth-order valence-corrected chi connectivity index (χ4v) is 5.35. The molecule has 2 atom stereocenters. The highest BCUT2D eigenvalue weighted by Gasteiger charge is 2.22. The van der Waals surface area contributed by atoms with Gasteiger partial charge in [-0.3, -0.25) is 4.79 Å². The Kier molecular flexibility index (Phi) is 5.74. The lowest BCUT2D eigenvalue weighted by Gasteiger charge is -2.26. The van der Waals surface area contributed by atoms with Crippen molar-refractivity contribution in [1.29, 1.82) is 0 Å². The number of carbonyl (C=O) groups is 1. The van der Waals surface area contributed by atoms with E-state index in [-0.39, 0.29) is 17.8 Å². The van der Waals surface area contributed by atoms with Gasteiger partial charge in [0.25, 0.3) is 0 Å². The molecule has 0 unspecified atom stereocenters.